The Balaban J connectivity index is 1.02. The number of benzene rings is 8. The molecule has 3 aromatic heterocycles. The predicted molar refractivity (Wildman–Crippen MR) is 240 cm³/mol. The smallest absolute Gasteiger partial charge is 0.159 e. The van der Waals surface area contributed by atoms with E-state index in [4.69, 9.17) is 9.98 Å². The van der Waals surface area contributed by atoms with E-state index in [0.29, 0.717) is 5.84 Å². The van der Waals surface area contributed by atoms with Gasteiger partial charge in [-0.15, -0.1) is 11.3 Å². The highest BCUT2D eigenvalue weighted by molar-refractivity contribution is 7.26. The first kappa shape index (κ1) is 32.0. The van der Waals surface area contributed by atoms with Gasteiger partial charge in [0.05, 0.1) is 22.1 Å². The zero-order chi connectivity index (χ0) is 37.5. The number of fused-ring (bicyclic) bond motifs is 10. The minimum Gasteiger partial charge on any atom is -0.344 e. The molecule has 0 radical (unpaired) electrons. The molecule has 0 saturated carbocycles. The maximum absolute atomic E-state index is 5.12. The van der Waals surface area contributed by atoms with Crippen LogP contribution < -0.4 is 5.32 Å². The number of nitrogens with one attached hydrogen (secondary N) is 1. The number of hydrogen-bond acceptors (Lipinski definition) is 4. The lowest BCUT2D eigenvalue weighted by Crippen LogP contribution is -2.33. The van der Waals surface area contributed by atoms with Gasteiger partial charge >= 0.3 is 0 Å². The van der Waals surface area contributed by atoms with Crippen LogP contribution in [0.15, 0.2) is 198 Å². The van der Waals surface area contributed by atoms with Crippen LogP contribution >= 0.6 is 11.3 Å². The molecule has 1 unspecified atom stereocenters. The minimum atomic E-state index is -0.262. The molecule has 268 valence electrons. The summed E-state index contributed by atoms with van der Waals surface area (Å²) in [6.07, 6.45) is -0.262. The molecule has 0 spiro atoms. The molecule has 0 amide bonds. The summed E-state index contributed by atoms with van der Waals surface area (Å²) in [5.41, 5.74) is 10.1. The van der Waals surface area contributed by atoms with Gasteiger partial charge in [-0.3, -0.25) is 0 Å². The topological polar surface area (TPSA) is 46.6 Å². The average Bonchev–Trinajstić information content (AvgIpc) is 3.94. The fraction of sp³-hybridized carbons (Fsp3) is 0.0196. The normalized spacial score (nSPS) is 14.5. The van der Waals surface area contributed by atoms with Crippen molar-refractivity contribution in [1.29, 1.82) is 0 Å². The van der Waals surface area contributed by atoms with Crippen molar-refractivity contribution >= 4 is 86.8 Å². The summed E-state index contributed by atoms with van der Waals surface area (Å²) in [6, 6.07) is 67.2. The Labute approximate surface area is 332 Å². The zero-order valence-corrected chi connectivity index (χ0v) is 31.5. The molecular weight excluding hydrogens is 715 g/mol. The Bertz CT molecular complexity index is 3390. The highest BCUT2D eigenvalue weighted by Crippen LogP contribution is 2.44. The van der Waals surface area contributed by atoms with Gasteiger partial charge in [0, 0.05) is 64.2 Å². The Hall–Kier alpha value is -7.28. The summed E-state index contributed by atoms with van der Waals surface area (Å²) >= 11 is 1.88. The van der Waals surface area contributed by atoms with Crippen molar-refractivity contribution in [3.63, 3.8) is 0 Å². The standard InChI is InChI=1S/C51H33N5S/c1-3-14-32(15-4-1)49-52-50(33-16-5-2-6-17-33)54-51(53-49)34-18-13-19-35(30-34)56-44-25-12-9-22-40(44)47-45(56)28-27-39-41-31-36(26-29-46(41)57-48(39)47)55-42-23-10-7-20-37(42)38-21-8-11-24-43(38)55/h1-31,49H,(H,52,53,54). The number of aliphatic imine (C=N–C) groups is 2. The number of hydrogen-bond donors (Lipinski definition) is 1. The van der Waals surface area contributed by atoms with Crippen molar-refractivity contribution in [2.45, 2.75) is 6.17 Å². The molecule has 8 aromatic carbocycles. The van der Waals surface area contributed by atoms with Gasteiger partial charge in [-0.05, 0) is 60.2 Å². The number of amidine groups is 2. The van der Waals surface area contributed by atoms with Crippen LogP contribution in [-0.4, -0.2) is 20.8 Å². The van der Waals surface area contributed by atoms with E-state index in [2.05, 4.69) is 178 Å². The van der Waals surface area contributed by atoms with Gasteiger partial charge in [0.15, 0.2) is 5.84 Å². The SMILES string of the molecule is c1ccc(C2=NC(c3ccccc3)NC(c3cccc(-n4c5ccccc5c5c6sc7ccc(-n8c9ccccc9c9ccccc98)cc7c6ccc54)c3)=N2)cc1. The lowest BCUT2D eigenvalue weighted by atomic mass is 10.1. The van der Waals surface area contributed by atoms with Gasteiger partial charge in [0.2, 0.25) is 0 Å². The first-order valence-corrected chi connectivity index (χ1v) is 20.1. The molecule has 0 bridgehead atoms. The van der Waals surface area contributed by atoms with Gasteiger partial charge < -0.3 is 14.5 Å². The highest BCUT2D eigenvalue weighted by atomic mass is 32.1. The van der Waals surface area contributed by atoms with Crippen LogP contribution in [-0.2, 0) is 0 Å². The van der Waals surface area contributed by atoms with Crippen LogP contribution in [0.4, 0.5) is 0 Å². The maximum atomic E-state index is 5.12. The Kier molecular flexibility index (Phi) is 7.09. The van der Waals surface area contributed by atoms with E-state index < -0.39 is 0 Å². The molecule has 6 heteroatoms. The number of nitrogens with zero attached hydrogens (tertiary/aromatic N) is 4. The van der Waals surface area contributed by atoms with E-state index in [9.17, 15) is 0 Å². The van der Waals surface area contributed by atoms with Gasteiger partial charge in [-0.25, -0.2) is 9.98 Å². The summed E-state index contributed by atoms with van der Waals surface area (Å²) in [5.74, 6) is 1.51. The molecule has 1 aliphatic heterocycles. The van der Waals surface area contributed by atoms with Crippen molar-refractivity contribution in [3.05, 3.63) is 205 Å². The summed E-state index contributed by atoms with van der Waals surface area (Å²) in [6.45, 7) is 0. The first-order chi connectivity index (χ1) is 28.3. The Morgan fingerprint density at radius 1 is 0.456 bits per heavy atom. The molecular formula is C51H33N5S. The third-order valence-electron chi connectivity index (χ3n) is 11.4. The largest absolute Gasteiger partial charge is 0.344 e. The predicted octanol–water partition coefficient (Wildman–Crippen LogP) is 12.7. The van der Waals surface area contributed by atoms with E-state index in [1.807, 2.05) is 35.6 Å². The second-order valence-corrected chi connectivity index (χ2v) is 15.7. The van der Waals surface area contributed by atoms with Crippen LogP contribution in [0.3, 0.4) is 0 Å². The molecule has 0 aliphatic carbocycles. The van der Waals surface area contributed by atoms with Crippen molar-refractivity contribution in [3.8, 4) is 11.4 Å². The first-order valence-electron chi connectivity index (χ1n) is 19.3. The molecule has 1 atom stereocenters. The van der Waals surface area contributed by atoms with E-state index in [1.165, 1.54) is 69.5 Å². The third-order valence-corrected chi connectivity index (χ3v) is 12.6. The van der Waals surface area contributed by atoms with E-state index in [1.54, 1.807) is 0 Å². The molecule has 12 rings (SSSR count). The van der Waals surface area contributed by atoms with Crippen molar-refractivity contribution in [2.24, 2.45) is 9.98 Å². The fourth-order valence-corrected chi connectivity index (χ4v) is 10.0. The van der Waals surface area contributed by atoms with Crippen LogP contribution in [0.2, 0.25) is 0 Å². The van der Waals surface area contributed by atoms with Crippen LogP contribution in [0.1, 0.15) is 22.9 Å². The van der Waals surface area contributed by atoms with Crippen molar-refractivity contribution in [2.75, 3.05) is 0 Å². The lowest BCUT2D eigenvalue weighted by molar-refractivity contribution is 0.674. The second-order valence-electron chi connectivity index (χ2n) is 14.6. The van der Waals surface area contributed by atoms with Gasteiger partial charge in [0.25, 0.3) is 0 Å². The van der Waals surface area contributed by atoms with Crippen LogP contribution in [0.25, 0.3) is 75.2 Å². The van der Waals surface area contributed by atoms with E-state index >= 15 is 0 Å². The molecule has 1 aliphatic rings. The van der Waals surface area contributed by atoms with Crippen molar-refractivity contribution < 1.29 is 0 Å². The molecule has 4 heterocycles. The lowest BCUT2D eigenvalue weighted by Gasteiger charge is -2.24. The maximum Gasteiger partial charge on any atom is 0.159 e. The van der Waals surface area contributed by atoms with Gasteiger partial charge in [-0.1, -0.05) is 133 Å². The summed E-state index contributed by atoms with van der Waals surface area (Å²) in [7, 11) is 0. The van der Waals surface area contributed by atoms with E-state index in [0.717, 1.165) is 28.2 Å². The number of aromatic nitrogens is 2. The van der Waals surface area contributed by atoms with Gasteiger partial charge in [-0.2, -0.15) is 0 Å². The molecule has 5 nitrogen and oxygen atoms in total. The number of thiophene rings is 1. The second kappa shape index (κ2) is 12.6. The van der Waals surface area contributed by atoms with E-state index in [-0.39, 0.29) is 6.17 Å². The quantitative estimate of drug-likeness (QED) is 0.187. The van der Waals surface area contributed by atoms with Crippen molar-refractivity contribution in [1.82, 2.24) is 14.5 Å². The highest BCUT2D eigenvalue weighted by Gasteiger charge is 2.23. The third kappa shape index (κ3) is 5.01. The van der Waals surface area contributed by atoms with Crippen LogP contribution in [0, 0.1) is 0 Å². The number of rotatable bonds is 5. The fourth-order valence-electron chi connectivity index (χ4n) is 8.80. The molecule has 57 heavy (non-hydrogen) atoms. The molecule has 1 N–H and O–H groups in total. The minimum absolute atomic E-state index is 0.262. The zero-order valence-electron chi connectivity index (χ0n) is 30.7. The average molecular weight is 748 g/mol. The summed E-state index contributed by atoms with van der Waals surface area (Å²) < 4.78 is 7.41. The number of para-hydroxylation sites is 3. The van der Waals surface area contributed by atoms with Crippen LogP contribution in [0.5, 0.6) is 0 Å². The summed E-state index contributed by atoms with van der Waals surface area (Å²) in [5, 5.41) is 11.3. The Morgan fingerprint density at radius 2 is 1.07 bits per heavy atom. The molecule has 11 aromatic rings. The summed E-state index contributed by atoms with van der Waals surface area (Å²) in [4.78, 5) is 10.2. The van der Waals surface area contributed by atoms with Gasteiger partial charge in [0.1, 0.15) is 12.0 Å². The monoisotopic (exact) mass is 747 g/mol. The molecule has 0 saturated heterocycles. The Morgan fingerprint density at radius 3 is 1.82 bits per heavy atom. The molecule has 0 fully saturated rings.